The van der Waals surface area contributed by atoms with Crippen LogP contribution in [0.1, 0.15) is 56.1 Å². The molecular weight excluding hydrogens is 244 g/mol. The van der Waals surface area contributed by atoms with Crippen LogP contribution >= 0.6 is 0 Å². The highest BCUT2D eigenvalue weighted by molar-refractivity contribution is 5.31. The summed E-state index contributed by atoms with van der Waals surface area (Å²) in [5, 5.41) is 0. The minimum Gasteiger partial charge on any atom is -0.330 e. The minimum absolute atomic E-state index is 0.276. The minimum atomic E-state index is 0.276. The highest BCUT2D eigenvalue weighted by Gasteiger charge is 2.34. The molecule has 2 fully saturated rings. The molecular formula is C18H28N2. The quantitative estimate of drug-likeness (QED) is 0.909. The zero-order chi connectivity index (χ0) is 13.8. The predicted octanol–water partition coefficient (Wildman–Crippen LogP) is 3.44. The van der Waals surface area contributed by atoms with E-state index in [0.29, 0.717) is 0 Å². The Balaban J connectivity index is 1.75. The van der Waals surface area contributed by atoms with Crippen LogP contribution in [0.4, 0.5) is 0 Å². The van der Waals surface area contributed by atoms with E-state index < -0.39 is 0 Å². The van der Waals surface area contributed by atoms with Gasteiger partial charge in [-0.1, -0.05) is 43.5 Å². The lowest BCUT2D eigenvalue weighted by Crippen LogP contribution is -2.32. The Morgan fingerprint density at radius 2 is 1.75 bits per heavy atom. The van der Waals surface area contributed by atoms with Crippen molar-refractivity contribution in [3.8, 4) is 0 Å². The number of rotatable bonds is 4. The van der Waals surface area contributed by atoms with E-state index in [4.69, 9.17) is 5.73 Å². The van der Waals surface area contributed by atoms with Gasteiger partial charge in [0.05, 0.1) is 0 Å². The molecule has 0 bridgehead atoms. The number of piperidine rings is 1. The second-order valence-electron chi connectivity index (χ2n) is 6.73. The fourth-order valence-corrected chi connectivity index (χ4v) is 4.04. The number of nitrogens with two attached hydrogens (primary N) is 1. The molecule has 0 atom stereocenters. The molecule has 3 rings (SSSR count). The first kappa shape index (κ1) is 14.1. The van der Waals surface area contributed by atoms with Gasteiger partial charge in [-0.3, -0.25) is 4.90 Å². The summed E-state index contributed by atoms with van der Waals surface area (Å²) < 4.78 is 0. The Morgan fingerprint density at radius 1 is 1.00 bits per heavy atom. The molecule has 110 valence electrons. The van der Waals surface area contributed by atoms with E-state index in [1.54, 1.807) is 0 Å². The molecule has 0 spiro atoms. The molecule has 1 aromatic carbocycles. The third-order valence-corrected chi connectivity index (χ3v) is 5.35. The first-order valence-electron chi connectivity index (χ1n) is 8.34. The van der Waals surface area contributed by atoms with Crippen LogP contribution in [0.3, 0.4) is 0 Å². The summed E-state index contributed by atoms with van der Waals surface area (Å²) in [5.41, 5.74) is 9.37. The van der Waals surface area contributed by atoms with E-state index in [1.165, 1.54) is 69.2 Å². The van der Waals surface area contributed by atoms with Gasteiger partial charge in [0, 0.05) is 18.5 Å². The standard InChI is InChI=1S/C18H28N2/c19-15-18(9-2-3-10-18)17-8-6-7-16(13-17)14-20-11-4-1-5-12-20/h6-8,13H,1-5,9-12,14-15,19H2. The third-order valence-electron chi connectivity index (χ3n) is 5.35. The first-order chi connectivity index (χ1) is 9.82. The molecule has 2 aliphatic rings. The Labute approximate surface area is 123 Å². The van der Waals surface area contributed by atoms with Crippen LogP contribution in [0.25, 0.3) is 0 Å². The highest BCUT2D eigenvalue weighted by atomic mass is 15.1. The van der Waals surface area contributed by atoms with Crippen molar-refractivity contribution in [1.82, 2.24) is 4.90 Å². The molecule has 2 N–H and O–H groups in total. The maximum atomic E-state index is 6.12. The van der Waals surface area contributed by atoms with Gasteiger partial charge in [0.15, 0.2) is 0 Å². The SMILES string of the molecule is NCC1(c2cccc(CN3CCCCC3)c2)CCCC1. The Kier molecular flexibility index (Phi) is 4.42. The Bertz CT molecular complexity index is 429. The largest absolute Gasteiger partial charge is 0.330 e. The maximum Gasteiger partial charge on any atom is 0.0233 e. The van der Waals surface area contributed by atoms with Crippen LogP contribution < -0.4 is 5.73 Å². The van der Waals surface area contributed by atoms with Gasteiger partial charge in [-0.2, -0.15) is 0 Å². The van der Waals surface area contributed by atoms with Gasteiger partial charge in [-0.15, -0.1) is 0 Å². The van der Waals surface area contributed by atoms with E-state index >= 15 is 0 Å². The topological polar surface area (TPSA) is 29.3 Å². The van der Waals surface area contributed by atoms with Crippen molar-refractivity contribution in [3.63, 3.8) is 0 Å². The molecule has 2 heteroatoms. The van der Waals surface area contributed by atoms with Gasteiger partial charge in [0.2, 0.25) is 0 Å². The summed E-state index contributed by atoms with van der Waals surface area (Å²) in [6.07, 6.45) is 9.38. The molecule has 0 unspecified atom stereocenters. The van der Waals surface area contributed by atoms with Crippen LogP contribution in [-0.2, 0) is 12.0 Å². The maximum absolute atomic E-state index is 6.12. The van der Waals surface area contributed by atoms with E-state index in [1.807, 2.05) is 0 Å². The monoisotopic (exact) mass is 272 g/mol. The van der Waals surface area contributed by atoms with E-state index in [-0.39, 0.29) is 5.41 Å². The summed E-state index contributed by atoms with van der Waals surface area (Å²) >= 11 is 0. The van der Waals surface area contributed by atoms with Crippen molar-refractivity contribution >= 4 is 0 Å². The molecule has 1 aromatic rings. The zero-order valence-electron chi connectivity index (χ0n) is 12.6. The van der Waals surface area contributed by atoms with Gasteiger partial charge in [0.1, 0.15) is 0 Å². The number of likely N-dealkylation sites (tertiary alicyclic amines) is 1. The number of hydrogen-bond acceptors (Lipinski definition) is 2. The van der Waals surface area contributed by atoms with Crippen molar-refractivity contribution in [2.75, 3.05) is 19.6 Å². The molecule has 1 saturated carbocycles. The van der Waals surface area contributed by atoms with Crippen molar-refractivity contribution in [1.29, 1.82) is 0 Å². The summed E-state index contributed by atoms with van der Waals surface area (Å²) in [5.74, 6) is 0. The molecule has 20 heavy (non-hydrogen) atoms. The fraction of sp³-hybridized carbons (Fsp3) is 0.667. The normalized spacial score (nSPS) is 23.1. The van der Waals surface area contributed by atoms with Crippen molar-refractivity contribution in [2.45, 2.75) is 56.9 Å². The molecule has 1 saturated heterocycles. The van der Waals surface area contributed by atoms with Gasteiger partial charge >= 0.3 is 0 Å². The molecule has 2 nitrogen and oxygen atoms in total. The van der Waals surface area contributed by atoms with Crippen LogP contribution in [0.15, 0.2) is 24.3 Å². The predicted molar refractivity (Wildman–Crippen MR) is 84.8 cm³/mol. The third kappa shape index (κ3) is 2.91. The van der Waals surface area contributed by atoms with Gasteiger partial charge < -0.3 is 5.73 Å². The summed E-state index contributed by atoms with van der Waals surface area (Å²) in [6, 6.07) is 9.27. The fourth-order valence-electron chi connectivity index (χ4n) is 4.04. The second kappa shape index (κ2) is 6.28. The highest BCUT2D eigenvalue weighted by Crippen LogP contribution is 2.40. The van der Waals surface area contributed by atoms with Crippen LogP contribution in [0, 0.1) is 0 Å². The number of nitrogens with zero attached hydrogens (tertiary/aromatic N) is 1. The van der Waals surface area contributed by atoms with Crippen molar-refractivity contribution in [2.24, 2.45) is 5.73 Å². The number of hydrogen-bond donors (Lipinski definition) is 1. The average molecular weight is 272 g/mol. The molecule has 1 aliphatic heterocycles. The molecule has 0 amide bonds. The van der Waals surface area contributed by atoms with Gasteiger partial charge in [-0.25, -0.2) is 0 Å². The second-order valence-corrected chi connectivity index (χ2v) is 6.73. The Hall–Kier alpha value is -0.860. The smallest absolute Gasteiger partial charge is 0.0233 e. The first-order valence-corrected chi connectivity index (χ1v) is 8.34. The van der Waals surface area contributed by atoms with E-state index in [2.05, 4.69) is 29.2 Å². The lowest BCUT2D eigenvalue weighted by molar-refractivity contribution is 0.221. The zero-order valence-corrected chi connectivity index (χ0v) is 12.6. The molecule has 0 aromatic heterocycles. The van der Waals surface area contributed by atoms with Crippen LogP contribution in [0.5, 0.6) is 0 Å². The van der Waals surface area contributed by atoms with E-state index in [0.717, 1.165) is 13.1 Å². The Morgan fingerprint density at radius 3 is 2.45 bits per heavy atom. The summed E-state index contributed by atoms with van der Waals surface area (Å²) in [6.45, 7) is 4.47. The van der Waals surface area contributed by atoms with Crippen LogP contribution in [0.2, 0.25) is 0 Å². The van der Waals surface area contributed by atoms with Crippen molar-refractivity contribution in [3.05, 3.63) is 35.4 Å². The lowest BCUT2D eigenvalue weighted by atomic mass is 9.78. The van der Waals surface area contributed by atoms with Gasteiger partial charge in [-0.05, 0) is 49.9 Å². The average Bonchev–Trinajstić information content (AvgIpc) is 2.99. The molecule has 0 radical (unpaired) electrons. The van der Waals surface area contributed by atoms with Crippen LogP contribution in [-0.4, -0.2) is 24.5 Å². The van der Waals surface area contributed by atoms with Crippen molar-refractivity contribution < 1.29 is 0 Å². The number of benzene rings is 1. The summed E-state index contributed by atoms with van der Waals surface area (Å²) in [7, 11) is 0. The van der Waals surface area contributed by atoms with E-state index in [9.17, 15) is 0 Å². The molecule has 1 aliphatic carbocycles. The van der Waals surface area contributed by atoms with Gasteiger partial charge in [0.25, 0.3) is 0 Å². The summed E-state index contributed by atoms with van der Waals surface area (Å²) in [4.78, 5) is 2.60. The molecule has 1 heterocycles. The lowest BCUT2D eigenvalue weighted by Gasteiger charge is -2.30.